The van der Waals surface area contributed by atoms with Crippen molar-refractivity contribution in [3.63, 3.8) is 0 Å². The Labute approximate surface area is 367 Å². The maximum Gasteiger partial charge on any atom is 0.0991 e. The first-order valence-corrected chi connectivity index (χ1v) is 21.8. The largest absolute Gasteiger partial charge is 0.192 e. The molecule has 63 heavy (non-hydrogen) atoms. The summed E-state index contributed by atoms with van der Waals surface area (Å²) in [7, 11) is 0. The molecule has 0 fully saturated rings. The van der Waals surface area contributed by atoms with E-state index < -0.39 is 0 Å². The Morgan fingerprint density at radius 1 is 0.302 bits per heavy atom. The van der Waals surface area contributed by atoms with Crippen molar-refractivity contribution in [2.45, 2.75) is 19.3 Å². The Balaban J connectivity index is 1.07. The molecule has 0 bridgehead atoms. The Morgan fingerprint density at radius 3 is 1.32 bits per heavy atom. The van der Waals surface area contributed by atoms with Gasteiger partial charge in [0.1, 0.15) is 0 Å². The number of fused-ring (bicyclic) bond motifs is 7. The van der Waals surface area contributed by atoms with Crippen LogP contribution in [-0.4, -0.2) is 0 Å². The fourth-order valence-corrected chi connectivity index (χ4v) is 10.7. The minimum Gasteiger partial charge on any atom is -0.192 e. The van der Waals surface area contributed by atoms with Crippen molar-refractivity contribution in [1.82, 2.24) is 0 Å². The summed E-state index contributed by atoms with van der Waals surface area (Å²) in [4.78, 5) is 0. The van der Waals surface area contributed by atoms with E-state index in [1.807, 2.05) is 6.07 Å². The molecule has 0 aromatic heterocycles. The molecular weight excluding hydrogens is 759 g/mol. The molecule has 0 spiro atoms. The first kappa shape index (κ1) is 36.8. The molecule has 0 saturated carbocycles. The van der Waals surface area contributed by atoms with E-state index in [4.69, 9.17) is 0 Å². The van der Waals surface area contributed by atoms with Gasteiger partial charge < -0.3 is 0 Å². The van der Waals surface area contributed by atoms with Gasteiger partial charge in [0.25, 0.3) is 0 Å². The lowest BCUT2D eigenvalue weighted by Gasteiger charge is -2.23. The molecule has 12 rings (SSSR count). The number of rotatable bonds is 5. The molecule has 0 saturated heterocycles. The van der Waals surface area contributed by atoms with Crippen molar-refractivity contribution in [3.05, 3.63) is 229 Å². The smallest absolute Gasteiger partial charge is 0.0991 e. The summed E-state index contributed by atoms with van der Waals surface area (Å²) >= 11 is 0. The van der Waals surface area contributed by atoms with Gasteiger partial charge in [0.15, 0.2) is 0 Å². The Hall–Kier alpha value is -8.05. The van der Waals surface area contributed by atoms with Gasteiger partial charge in [0.05, 0.1) is 11.6 Å². The van der Waals surface area contributed by atoms with E-state index in [9.17, 15) is 5.26 Å². The van der Waals surface area contributed by atoms with Gasteiger partial charge in [-0.2, -0.15) is 5.26 Å². The molecule has 294 valence electrons. The molecule has 11 aromatic rings. The maximum atomic E-state index is 10.2. The fraction of sp³-hybridized carbons (Fsp3) is 0.0484. The van der Waals surface area contributed by atoms with E-state index in [1.54, 1.807) is 0 Å². The highest BCUT2D eigenvalue weighted by atomic mass is 14.4. The third-order valence-corrected chi connectivity index (χ3v) is 13.7. The summed E-state index contributed by atoms with van der Waals surface area (Å²) in [6, 6.07) is 79.9. The topological polar surface area (TPSA) is 23.8 Å². The van der Waals surface area contributed by atoms with Gasteiger partial charge in [-0.15, -0.1) is 0 Å². The first-order valence-electron chi connectivity index (χ1n) is 21.8. The van der Waals surface area contributed by atoms with Gasteiger partial charge in [-0.05, 0) is 145 Å². The van der Waals surface area contributed by atoms with E-state index in [0.717, 1.165) is 16.3 Å². The van der Waals surface area contributed by atoms with Crippen LogP contribution in [0.4, 0.5) is 0 Å². The minimum absolute atomic E-state index is 0.129. The van der Waals surface area contributed by atoms with Gasteiger partial charge in [0.2, 0.25) is 0 Å². The number of nitriles is 1. The highest BCUT2D eigenvalue weighted by Crippen LogP contribution is 2.52. The van der Waals surface area contributed by atoms with E-state index >= 15 is 0 Å². The van der Waals surface area contributed by atoms with Gasteiger partial charge >= 0.3 is 0 Å². The van der Waals surface area contributed by atoms with Gasteiger partial charge in [-0.25, -0.2) is 0 Å². The molecule has 1 nitrogen and oxygen atoms in total. The number of nitrogens with zero attached hydrogens (tertiary/aromatic N) is 1. The lowest BCUT2D eigenvalue weighted by Crippen LogP contribution is -2.14. The molecule has 1 aliphatic rings. The van der Waals surface area contributed by atoms with Crippen LogP contribution in [0, 0.1) is 11.3 Å². The van der Waals surface area contributed by atoms with Crippen LogP contribution in [0.5, 0.6) is 0 Å². The van der Waals surface area contributed by atoms with Crippen LogP contribution < -0.4 is 0 Å². The second-order valence-corrected chi connectivity index (χ2v) is 17.5. The summed E-state index contributed by atoms with van der Waals surface area (Å²) in [5.41, 5.74) is 17.8. The predicted molar refractivity (Wildman–Crippen MR) is 266 cm³/mol. The minimum atomic E-state index is -0.129. The lowest BCUT2D eigenvalue weighted by atomic mass is 9.80. The third-order valence-electron chi connectivity index (χ3n) is 13.7. The second kappa shape index (κ2) is 14.3. The fourth-order valence-electron chi connectivity index (χ4n) is 10.7. The highest BCUT2D eigenvalue weighted by Gasteiger charge is 2.35. The van der Waals surface area contributed by atoms with Crippen molar-refractivity contribution in [3.8, 4) is 72.8 Å². The maximum absolute atomic E-state index is 10.2. The Bertz CT molecular complexity index is 3680. The van der Waals surface area contributed by atoms with E-state index in [0.29, 0.717) is 5.56 Å². The van der Waals surface area contributed by atoms with Crippen LogP contribution >= 0.6 is 0 Å². The Morgan fingerprint density at radius 2 is 0.714 bits per heavy atom. The molecule has 0 atom stereocenters. The van der Waals surface area contributed by atoms with E-state index in [1.165, 1.54) is 105 Å². The zero-order valence-corrected chi connectivity index (χ0v) is 35.2. The quantitative estimate of drug-likeness (QED) is 0.159. The average Bonchev–Trinajstić information content (AvgIpc) is 3.57. The van der Waals surface area contributed by atoms with Crippen LogP contribution in [0.1, 0.15) is 30.5 Å². The van der Waals surface area contributed by atoms with Crippen molar-refractivity contribution < 1.29 is 0 Å². The molecule has 11 aromatic carbocycles. The van der Waals surface area contributed by atoms with Crippen molar-refractivity contribution >= 4 is 43.1 Å². The lowest BCUT2D eigenvalue weighted by molar-refractivity contribution is 0.660. The highest BCUT2D eigenvalue weighted by molar-refractivity contribution is 6.23. The summed E-state index contributed by atoms with van der Waals surface area (Å²) < 4.78 is 0. The number of hydrogen-bond donors (Lipinski definition) is 0. The summed E-state index contributed by atoms with van der Waals surface area (Å²) in [5, 5.41) is 19.8. The van der Waals surface area contributed by atoms with Crippen LogP contribution in [0.25, 0.3) is 110 Å². The molecule has 0 unspecified atom stereocenters. The molecule has 0 amide bonds. The second-order valence-electron chi connectivity index (χ2n) is 17.5. The molecule has 0 aliphatic heterocycles. The number of benzene rings is 11. The molecule has 0 radical (unpaired) electrons. The summed E-state index contributed by atoms with van der Waals surface area (Å²) in [6.45, 7) is 4.67. The van der Waals surface area contributed by atoms with Crippen molar-refractivity contribution in [2.75, 3.05) is 0 Å². The summed E-state index contributed by atoms with van der Waals surface area (Å²) in [5.74, 6) is 0. The molecular formula is C62H41N. The van der Waals surface area contributed by atoms with Crippen molar-refractivity contribution in [2.24, 2.45) is 0 Å². The zero-order chi connectivity index (χ0) is 42.2. The van der Waals surface area contributed by atoms with Gasteiger partial charge in [0, 0.05) is 5.41 Å². The molecule has 0 heterocycles. The Kier molecular flexibility index (Phi) is 8.33. The molecule has 1 aliphatic carbocycles. The number of hydrogen-bond acceptors (Lipinski definition) is 1. The normalized spacial score (nSPS) is 12.7. The van der Waals surface area contributed by atoms with E-state index in [2.05, 4.69) is 226 Å². The van der Waals surface area contributed by atoms with E-state index in [-0.39, 0.29) is 5.41 Å². The third kappa shape index (κ3) is 5.69. The van der Waals surface area contributed by atoms with Crippen LogP contribution in [0.3, 0.4) is 0 Å². The molecule has 1 heteroatoms. The van der Waals surface area contributed by atoms with Crippen LogP contribution in [-0.2, 0) is 5.41 Å². The zero-order valence-electron chi connectivity index (χ0n) is 35.2. The predicted octanol–water partition coefficient (Wildman–Crippen LogP) is 16.8. The van der Waals surface area contributed by atoms with Gasteiger partial charge in [-0.1, -0.05) is 202 Å². The van der Waals surface area contributed by atoms with Crippen molar-refractivity contribution in [1.29, 1.82) is 5.26 Å². The molecule has 0 N–H and O–H groups in total. The van der Waals surface area contributed by atoms with Gasteiger partial charge in [-0.3, -0.25) is 0 Å². The summed E-state index contributed by atoms with van der Waals surface area (Å²) in [6.07, 6.45) is 0. The van der Waals surface area contributed by atoms with Crippen LogP contribution in [0.2, 0.25) is 0 Å². The first-order chi connectivity index (χ1) is 31.0. The average molecular weight is 800 g/mol. The van der Waals surface area contributed by atoms with Crippen LogP contribution in [0.15, 0.2) is 212 Å². The monoisotopic (exact) mass is 799 g/mol. The SMILES string of the molecule is CC1(C)c2ccccc2-c2ccc(-c3c4ccccc4c(-c4ccc(-c5c6ccccc6c(-c6ccccc6)c6cc(-c7ccccc7)ccc56)cc4)c4ccc(C#N)cc34)cc21. The standard InChI is InChI=1S/C62H41N/c1-62(2)56-24-14-13-19-46(56)47-33-31-45(37-57(47)62)61-51-23-12-10-21-49(51)58(52-32-25-39(38-63)35-54(52)61)42-26-28-43(29-27-42)59-48-20-9-11-22-50(48)60(41-17-7-4-8-18-41)55-36-44(30-34-53(55)59)40-15-5-3-6-16-40/h3-37H,1-2H3.